The summed E-state index contributed by atoms with van der Waals surface area (Å²) in [4.78, 5) is 38.2. The van der Waals surface area contributed by atoms with Crippen molar-refractivity contribution in [2.45, 2.75) is 52.5 Å². The fourth-order valence-corrected chi connectivity index (χ4v) is 4.31. The second kappa shape index (κ2) is 8.11. The summed E-state index contributed by atoms with van der Waals surface area (Å²) < 4.78 is 0. The molecule has 0 unspecified atom stereocenters. The van der Waals surface area contributed by atoms with Gasteiger partial charge in [0, 0.05) is 37.3 Å². The Morgan fingerprint density at radius 1 is 1.04 bits per heavy atom. The highest BCUT2D eigenvalue weighted by molar-refractivity contribution is 5.97. The number of anilines is 2. The maximum atomic E-state index is 12.6. The molecule has 1 aromatic rings. The van der Waals surface area contributed by atoms with Gasteiger partial charge in [-0.15, -0.1) is 0 Å². The monoisotopic (exact) mass is 371 g/mol. The molecule has 2 aliphatic rings. The Morgan fingerprint density at radius 3 is 2.30 bits per heavy atom. The minimum Gasteiger partial charge on any atom is -0.339 e. The lowest BCUT2D eigenvalue weighted by atomic mass is 9.77. The van der Waals surface area contributed by atoms with Gasteiger partial charge in [0.2, 0.25) is 17.7 Å². The molecule has 0 bridgehead atoms. The van der Waals surface area contributed by atoms with E-state index in [1.54, 1.807) is 24.3 Å². The van der Waals surface area contributed by atoms with Crippen LogP contribution >= 0.6 is 0 Å². The first-order valence-electron chi connectivity index (χ1n) is 9.83. The van der Waals surface area contributed by atoms with E-state index in [-0.39, 0.29) is 36.1 Å². The third kappa shape index (κ3) is 4.49. The predicted molar refractivity (Wildman–Crippen MR) is 105 cm³/mol. The molecular weight excluding hydrogens is 342 g/mol. The minimum absolute atomic E-state index is 0.0992. The topological polar surface area (TPSA) is 78.5 Å². The lowest BCUT2D eigenvalue weighted by molar-refractivity contribution is -0.131. The van der Waals surface area contributed by atoms with Crippen LogP contribution < -0.4 is 10.6 Å². The van der Waals surface area contributed by atoms with Gasteiger partial charge in [-0.25, -0.2) is 0 Å². The molecule has 1 heterocycles. The van der Waals surface area contributed by atoms with Crippen LogP contribution in [-0.4, -0.2) is 35.2 Å². The van der Waals surface area contributed by atoms with Gasteiger partial charge in [-0.3, -0.25) is 14.4 Å². The van der Waals surface area contributed by atoms with Crippen molar-refractivity contribution in [1.29, 1.82) is 0 Å². The molecule has 2 fully saturated rings. The molecular formula is C21H29N3O3. The van der Waals surface area contributed by atoms with E-state index in [4.69, 9.17) is 0 Å². The molecule has 2 N–H and O–H groups in total. The minimum atomic E-state index is -0.308. The molecule has 6 heteroatoms. The normalized spacial score (nSPS) is 28.1. The van der Waals surface area contributed by atoms with Gasteiger partial charge in [0.05, 0.1) is 5.92 Å². The summed E-state index contributed by atoms with van der Waals surface area (Å²) in [5, 5.41) is 5.59. The first-order chi connectivity index (χ1) is 12.8. The molecule has 1 aromatic carbocycles. The predicted octanol–water partition coefficient (Wildman–Crippen LogP) is 3.26. The summed E-state index contributed by atoms with van der Waals surface area (Å²) in [7, 11) is 0. The van der Waals surface area contributed by atoms with Crippen molar-refractivity contribution < 1.29 is 14.4 Å². The Morgan fingerprint density at radius 2 is 1.67 bits per heavy atom. The summed E-state index contributed by atoms with van der Waals surface area (Å²) in [6.45, 7) is 6.45. The van der Waals surface area contributed by atoms with E-state index in [0.29, 0.717) is 29.8 Å². The summed E-state index contributed by atoms with van der Waals surface area (Å²) in [6.07, 6.45) is 3.69. The van der Waals surface area contributed by atoms with E-state index in [2.05, 4.69) is 24.5 Å². The summed E-state index contributed by atoms with van der Waals surface area (Å²) in [5.74, 6) is 0.633. The maximum absolute atomic E-state index is 12.6. The summed E-state index contributed by atoms with van der Waals surface area (Å²) >= 11 is 0. The zero-order valence-electron chi connectivity index (χ0n) is 16.3. The molecule has 0 spiro atoms. The molecule has 146 valence electrons. The molecule has 4 atom stereocenters. The summed E-state index contributed by atoms with van der Waals surface area (Å²) in [6, 6.07) is 7.25. The third-order valence-electron chi connectivity index (χ3n) is 6.07. The first kappa shape index (κ1) is 19.4. The van der Waals surface area contributed by atoms with Gasteiger partial charge in [-0.05, 0) is 42.5 Å². The highest BCUT2D eigenvalue weighted by Gasteiger charge is 2.41. The van der Waals surface area contributed by atoms with Gasteiger partial charge < -0.3 is 15.5 Å². The number of nitrogens with zero attached hydrogens (tertiary/aromatic N) is 1. The SMILES string of the molecule is CC(=O)Nc1ccc(NC(=O)[C@@H]2CC(=O)N([C@H]3CCC[C@H](C)[C@H]3C)C2)cc1. The lowest BCUT2D eigenvalue weighted by Crippen LogP contribution is -2.45. The van der Waals surface area contributed by atoms with Crippen molar-refractivity contribution in [3.63, 3.8) is 0 Å². The molecule has 3 amide bonds. The number of nitrogens with one attached hydrogen (secondary N) is 2. The Labute approximate surface area is 160 Å². The fourth-order valence-electron chi connectivity index (χ4n) is 4.31. The van der Waals surface area contributed by atoms with Crippen LogP contribution in [0.3, 0.4) is 0 Å². The van der Waals surface area contributed by atoms with Crippen LogP contribution in [-0.2, 0) is 14.4 Å². The van der Waals surface area contributed by atoms with E-state index >= 15 is 0 Å². The van der Waals surface area contributed by atoms with Gasteiger partial charge >= 0.3 is 0 Å². The number of hydrogen-bond donors (Lipinski definition) is 2. The Balaban J connectivity index is 1.59. The lowest BCUT2D eigenvalue weighted by Gasteiger charge is -2.40. The second-order valence-electron chi connectivity index (χ2n) is 8.03. The average Bonchev–Trinajstić information content (AvgIpc) is 3.00. The quantitative estimate of drug-likeness (QED) is 0.853. The van der Waals surface area contributed by atoms with E-state index < -0.39 is 0 Å². The van der Waals surface area contributed by atoms with Crippen molar-refractivity contribution in [2.75, 3.05) is 17.2 Å². The van der Waals surface area contributed by atoms with Crippen LogP contribution in [0.15, 0.2) is 24.3 Å². The van der Waals surface area contributed by atoms with Crippen molar-refractivity contribution in [2.24, 2.45) is 17.8 Å². The van der Waals surface area contributed by atoms with Crippen molar-refractivity contribution in [3.8, 4) is 0 Å². The van der Waals surface area contributed by atoms with Crippen LogP contribution in [0.25, 0.3) is 0 Å². The molecule has 27 heavy (non-hydrogen) atoms. The highest BCUT2D eigenvalue weighted by atomic mass is 16.2. The Bertz CT molecular complexity index is 716. The molecule has 1 saturated carbocycles. The third-order valence-corrected chi connectivity index (χ3v) is 6.07. The van der Waals surface area contributed by atoms with E-state index in [0.717, 1.165) is 12.8 Å². The van der Waals surface area contributed by atoms with Gasteiger partial charge in [-0.2, -0.15) is 0 Å². The Hall–Kier alpha value is -2.37. The van der Waals surface area contributed by atoms with Crippen LogP contribution in [0.2, 0.25) is 0 Å². The van der Waals surface area contributed by atoms with Gasteiger partial charge in [0.1, 0.15) is 0 Å². The number of hydrogen-bond acceptors (Lipinski definition) is 3. The fraction of sp³-hybridized carbons (Fsp3) is 0.571. The molecule has 6 nitrogen and oxygen atoms in total. The smallest absolute Gasteiger partial charge is 0.229 e. The van der Waals surface area contributed by atoms with Crippen molar-refractivity contribution in [3.05, 3.63) is 24.3 Å². The standard InChI is InChI=1S/C21H29N3O3/c1-13-5-4-6-19(14(13)2)24-12-16(11-20(24)26)21(27)23-18-9-7-17(8-10-18)22-15(3)25/h7-10,13-14,16,19H,4-6,11-12H2,1-3H3,(H,22,25)(H,23,27)/t13-,14+,16+,19-/m0/s1. The molecule has 0 radical (unpaired) electrons. The van der Waals surface area contributed by atoms with E-state index in [1.807, 2.05) is 4.90 Å². The molecule has 1 aliphatic heterocycles. The second-order valence-corrected chi connectivity index (χ2v) is 8.03. The van der Waals surface area contributed by atoms with Crippen LogP contribution in [0.4, 0.5) is 11.4 Å². The van der Waals surface area contributed by atoms with E-state index in [1.165, 1.54) is 13.3 Å². The Kier molecular flexibility index (Phi) is 5.82. The van der Waals surface area contributed by atoms with E-state index in [9.17, 15) is 14.4 Å². The zero-order chi connectivity index (χ0) is 19.6. The number of carbonyl (C=O) groups excluding carboxylic acids is 3. The number of benzene rings is 1. The number of carbonyl (C=O) groups is 3. The van der Waals surface area contributed by atoms with Crippen LogP contribution in [0.1, 0.15) is 46.5 Å². The molecule has 1 saturated heterocycles. The zero-order valence-corrected chi connectivity index (χ0v) is 16.3. The first-order valence-corrected chi connectivity index (χ1v) is 9.83. The maximum Gasteiger partial charge on any atom is 0.229 e. The van der Waals surface area contributed by atoms with Crippen molar-refractivity contribution >= 4 is 29.1 Å². The number of amides is 3. The number of likely N-dealkylation sites (tertiary alicyclic amines) is 1. The van der Waals surface area contributed by atoms with Gasteiger partial charge in [-0.1, -0.05) is 26.7 Å². The number of rotatable bonds is 4. The van der Waals surface area contributed by atoms with Crippen LogP contribution in [0, 0.1) is 17.8 Å². The largest absolute Gasteiger partial charge is 0.339 e. The summed E-state index contributed by atoms with van der Waals surface area (Å²) in [5.41, 5.74) is 1.35. The molecule has 1 aliphatic carbocycles. The molecule has 3 rings (SSSR count). The highest BCUT2D eigenvalue weighted by Crippen LogP contribution is 2.36. The van der Waals surface area contributed by atoms with Crippen molar-refractivity contribution in [1.82, 2.24) is 4.90 Å². The molecule has 0 aromatic heterocycles. The average molecular weight is 371 g/mol. The van der Waals surface area contributed by atoms with Crippen LogP contribution in [0.5, 0.6) is 0 Å². The van der Waals surface area contributed by atoms with Gasteiger partial charge in [0.25, 0.3) is 0 Å². The van der Waals surface area contributed by atoms with Gasteiger partial charge in [0.15, 0.2) is 0 Å².